The molecule has 1 fully saturated rings. The molecule has 2 aromatic heterocycles. The number of methoxy groups -OCH3 is 1. The Kier molecular flexibility index (Phi) is 5.16. The maximum absolute atomic E-state index is 12.8. The molecule has 0 saturated carbocycles. The second kappa shape index (κ2) is 7.90. The molecular formula is C21H24N6O2. The summed E-state index contributed by atoms with van der Waals surface area (Å²) >= 11 is 0. The molecule has 0 unspecified atom stereocenters. The van der Waals surface area contributed by atoms with Gasteiger partial charge in [-0.3, -0.25) is 9.78 Å². The Hall–Kier alpha value is -3.42. The van der Waals surface area contributed by atoms with Crippen molar-refractivity contribution in [3.05, 3.63) is 59.7 Å². The quantitative estimate of drug-likeness (QED) is 0.678. The summed E-state index contributed by atoms with van der Waals surface area (Å²) in [6.07, 6.45) is 3.47. The molecule has 0 atom stereocenters. The summed E-state index contributed by atoms with van der Waals surface area (Å²) in [5, 5.41) is 4.48. The van der Waals surface area contributed by atoms with Gasteiger partial charge in [0.1, 0.15) is 11.6 Å². The molecule has 1 aliphatic heterocycles. The molecule has 0 N–H and O–H groups in total. The lowest BCUT2D eigenvalue weighted by molar-refractivity contribution is 0.0746. The fourth-order valence-corrected chi connectivity index (χ4v) is 3.54. The summed E-state index contributed by atoms with van der Waals surface area (Å²) in [5.41, 5.74) is 2.60. The van der Waals surface area contributed by atoms with Gasteiger partial charge in [0.05, 0.1) is 25.2 Å². The first-order valence-corrected chi connectivity index (χ1v) is 9.59. The van der Waals surface area contributed by atoms with Gasteiger partial charge in [0, 0.05) is 37.4 Å². The van der Waals surface area contributed by atoms with E-state index >= 15 is 0 Å². The minimum absolute atomic E-state index is 0.0195. The van der Waals surface area contributed by atoms with E-state index in [1.165, 1.54) is 0 Å². The lowest BCUT2D eigenvalue weighted by Crippen LogP contribution is -2.49. The van der Waals surface area contributed by atoms with Crippen molar-refractivity contribution in [3.63, 3.8) is 0 Å². The lowest BCUT2D eigenvalue weighted by Gasteiger charge is -2.35. The highest BCUT2D eigenvalue weighted by molar-refractivity contribution is 5.94. The minimum Gasteiger partial charge on any atom is -0.497 e. The number of ether oxygens (including phenoxy) is 1. The molecule has 8 heteroatoms. The van der Waals surface area contributed by atoms with Crippen LogP contribution in [0.4, 0.5) is 5.82 Å². The number of piperazine rings is 1. The second-order valence-corrected chi connectivity index (χ2v) is 7.09. The molecule has 1 aliphatic rings. The van der Waals surface area contributed by atoms with Gasteiger partial charge in [-0.25, -0.2) is 9.67 Å². The van der Waals surface area contributed by atoms with Crippen molar-refractivity contribution in [3.8, 4) is 11.6 Å². The van der Waals surface area contributed by atoms with Crippen LogP contribution in [-0.2, 0) is 0 Å². The first-order chi connectivity index (χ1) is 14.0. The number of anilines is 1. The van der Waals surface area contributed by atoms with Crippen LogP contribution in [0.25, 0.3) is 5.82 Å². The van der Waals surface area contributed by atoms with Crippen LogP contribution in [0, 0.1) is 13.8 Å². The normalized spacial score (nSPS) is 14.2. The van der Waals surface area contributed by atoms with E-state index in [-0.39, 0.29) is 5.91 Å². The molecule has 1 saturated heterocycles. The monoisotopic (exact) mass is 392 g/mol. The SMILES string of the molecule is COc1cccc(C(=O)N2CCN(c3cncc(-n4nc(C)cc4C)n3)CC2)c1. The maximum atomic E-state index is 12.8. The Labute approximate surface area is 169 Å². The second-order valence-electron chi connectivity index (χ2n) is 7.09. The third-order valence-corrected chi connectivity index (χ3v) is 5.04. The van der Waals surface area contributed by atoms with Gasteiger partial charge in [-0.1, -0.05) is 6.07 Å². The topological polar surface area (TPSA) is 76.4 Å². The lowest BCUT2D eigenvalue weighted by atomic mass is 10.1. The predicted octanol–water partition coefficient (Wildman–Crippen LogP) is 2.25. The van der Waals surface area contributed by atoms with Gasteiger partial charge >= 0.3 is 0 Å². The molecule has 8 nitrogen and oxygen atoms in total. The first-order valence-electron chi connectivity index (χ1n) is 9.59. The highest BCUT2D eigenvalue weighted by Gasteiger charge is 2.23. The van der Waals surface area contributed by atoms with Gasteiger partial charge in [-0.2, -0.15) is 5.10 Å². The van der Waals surface area contributed by atoms with Crippen molar-refractivity contribution in [2.45, 2.75) is 13.8 Å². The van der Waals surface area contributed by atoms with Crippen LogP contribution in [-0.4, -0.2) is 63.8 Å². The molecule has 3 heterocycles. The number of aryl methyl sites for hydroxylation is 2. The summed E-state index contributed by atoms with van der Waals surface area (Å²) < 4.78 is 7.02. The van der Waals surface area contributed by atoms with E-state index in [0.717, 1.165) is 17.2 Å². The van der Waals surface area contributed by atoms with Crippen LogP contribution in [0.5, 0.6) is 5.75 Å². The Morgan fingerprint density at radius 2 is 1.79 bits per heavy atom. The Morgan fingerprint density at radius 3 is 2.48 bits per heavy atom. The summed E-state index contributed by atoms with van der Waals surface area (Å²) in [6, 6.07) is 9.28. The molecule has 1 aromatic carbocycles. The van der Waals surface area contributed by atoms with Crippen LogP contribution >= 0.6 is 0 Å². The number of nitrogens with zero attached hydrogens (tertiary/aromatic N) is 6. The molecule has 4 rings (SSSR count). The predicted molar refractivity (Wildman–Crippen MR) is 110 cm³/mol. The fraction of sp³-hybridized carbons (Fsp3) is 0.333. The molecular weight excluding hydrogens is 368 g/mol. The van der Waals surface area contributed by atoms with Gasteiger partial charge in [0.25, 0.3) is 5.91 Å². The highest BCUT2D eigenvalue weighted by Crippen LogP contribution is 2.19. The summed E-state index contributed by atoms with van der Waals surface area (Å²) in [4.78, 5) is 25.9. The molecule has 1 amide bonds. The number of carbonyl (C=O) groups is 1. The Balaban J connectivity index is 1.45. The standard InChI is InChI=1S/C21H24N6O2/c1-15-11-16(2)27(24-15)20-14-22-13-19(23-20)25-7-9-26(10-8-25)21(28)17-5-4-6-18(12-17)29-3/h4-6,11-14H,7-10H2,1-3H3. The zero-order chi connectivity index (χ0) is 20.4. The number of amides is 1. The molecule has 0 bridgehead atoms. The Morgan fingerprint density at radius 1 is 1.03 bits per heavy atom. The van der Waals surface area contributed by atoms with Gasteiger partial charge in [-0.05, 0) is 38.1 Å². The van der Waals surface area contributed by atoms with Crippen LogP contribution in [0.2, 0.25) is 0 Å². The zero-order valence-electron chi connectivity index (χ0n) is 16.9. The largest absolute Gasteiger partial charge is 0.497 e. The Bertz CT molecular complexity index is 1020. The molecule has 0 radical (unpaired) electrons. The van der Waals surface area contributed by atoms with Gasteiger partial charge in [0.15, 0.2) is 5.82 Å². The fourth-order valence-electron chi connectivity index (χ4n) is 3.54. The first kappa shape index (κ1) is 18.9. The number of hydrogen-bond donors (Lipinski definition) is 0. The van der Waals surface area contributed by atoms with Crippen molar-refractivity contribution in [1.29, 1.82) is 0 Å². The zero-order valence-corrected chi connectivity index (χ0v) is 16.9. The molecule has 0 aliphatic carbocycles. The smallest absolute Gasteiger partial charge is 0.254 e. The number of aromatic nitrogens is 4. The average molecular weight is 392 g/mol. The highest BCUT2D eigenvalue weighted by atomic mass is 16.5. The van der Waals surface area contributed by atoms with E-state index in [9.17, 15) is 4.79 Å². The third kappa shape index (κ3) is 3.91. The summed E-state index contributed by atoms with van der Waals surface area (Å²) in [5.74, 6) is 2.20. The number of benzene rings is 1. The van der Waals surface area contributed by atoms with E-state index in [4.69, 9.17) is 9.72 Å². The van der Waals surface area contributed by atoms with Gasteiger partial charge in [-0.15, -0.1) is 0 Å². The average Bonchev–Trinajstić information content (AvgIpc) is 3.11. The molecule has 150 valence electrons. The van der Waals surface area contributed by atoms with Gasteiger partial charge < -0.3 is 14.5 Å². The van der Waals surface area contributed by atoms with Crippen LogP contribution in [0.15, 0.2) is 42.7 Å². The molecule has 3 aromatic rings. The maximum Gasteiger partial charge on any atom is 0.254 e. The third-order valence-electron chi connectivity index (χ3n) is 5.04. The summed E-state index contributed by atoms with van der Waals surface area (Å²) in [7, 11) is 1.60. The number of rotatable bonds is 4. The number of carbonyl (C=O) groups excluding carboxylic acids is 1. The molecule has 29 heavy (non-hydrogen) atoms. The molecule has 0 spiro atoms. The number of hydrogen-bond acceptors (Lipinski definition) is 6. The van der Waals surface area contributed by atoms with E-state index in [1.807, 2.05) is 43.0 Å². The van der Waals surface area contributed by atoms with E-state index in [0.29, 0.717) is 43.3 Å². The minimum atomic E-state index is 0.0195. The van der Waals surface area contributed by atoms with Crippen LogP contribution in [0.1, 0.15) is 21.7 Å². The van der Waals surface area contributed by atoms with Crippen molar-refractivity contribution < 1.29 is 9.53 Å². The van der Waals surface area contributed by atoms with E-state index < -0.39 is 0 Å². The van der Waals surface area contributed by atoms with E-state index in [2.05, 4.69) is 15.0 Å². The van der Waals surface area contributed by atoms with Gasteiger partial charge in [0.2, 0.25) is 0 Å². The van der Waals surface area contributed by atoms with E-state index in [1.54, 1.807) is 30.3 Å². The van der Waals surface area contributed by atoms with Crippen molar-refractivity contribution >= 4 is 11.7 Å². The van der Waals surface area contributed by atoms with Crippen molar-refractivity contribution in [2.75, 3.05) is 38.2 Å². The van der Waals surface area contributed by atoms with Crippen LogP contribution in [0.3, 0.4) is 0 Å². The van der Waals surface area contributed by atoms with Crippen LogP contribution < -0.4 is 9.64 Å². The van der Waals surface area contributed by atoms with Crippen molar-refractivity contribution in [2.24, 2.45) is 0 Å². The summed E-state index contributed by atoms with van der Waals surface area (Å²) in [6.45, 7) is 6.61. The van der Waals surface area contributed by atoms with Crippen molar-refractivity contribution in [1.82, 2.24) is 24.6 Å².